The number of nitrogens with one attached hydrogen (secondary N) is 1. The summed E-state index contributed by atoms with van der Waals surface area (Å²) in [6.45, 7) is 0. The van der Waals surface area contributed by atoms with Crippen LogP contribution in [0.2, 0.25) is 0 Å². The second-order valence-electron chi connectivity index (χ2n) is 6.67. The smallest absolute Gasteiger partial charge is 0.137 e. The molecule has 0 aliphatic carbocycles. The molecule has 3 aromatic heterocycles. The molecule has 0 atom stereocenters. The Kier molecular flexibility index (Phi) is 7.05. The van der Waals surface area contributed by atoms with Crippen LogP contribution in [0.4, 0.5) is 4.39 Å². The number of pyridine rings is 1. The van der Waals surface area contributed by atoms with Gasteiger partial charge in [0.15, 0.2) is 0 Å². The standard InChI is InChI=1S/C23H17FN4S.2ClH/c1-29-19-9-4-15(5-10-19)21-13-25-22-11-6-17(14-28(21)22)20-12-26-27-23(20)16-2-7-18(24)8-3-16;;/h2-14H,1H3,(H,26,27);2*1H. The van der Waals surface area contributed by atoms with Gasteiger partial charge in [0, 0.05) is 39.5 Å². The summed E-state index contributed by atoms with van der Waals surface area (Å²) in [6.07, 6.45) is 7.89. The molecule has 4 nitrogen and oxygen atoms in total. The average molecular weight is 473 g/mol. The topological polar surface area (TPSA) is 46.0 Å². The lowest BCUT2D eigenvalue weighted by Crippen LogP contribution is -1.91. The van der Waals surface area contributed by atoms with E-state index >= 15 is 0 Å². The number of hydrogen-bond acceptors (Lipinski definition) is 3. The lowest BCUT2D eigenvalue weighted by molar-refractivity contribution is 0.628. The SMILES string of the molecule is CSc1ccc(-c2cnc3ccc(-c4c[nH]nc4-c4ccc(F)cc4)cn23)cc1.Cl.Cl. The van der Waals surface area contributed by atoms with Gasteiger partial charge in [0.25, 0.3) is 0 Å². The predicted molar refractivity (Wildman–Crippen MR) is 130 cm³/mol. The molecule has 8 heteroatoms. The molecule has 0 fully saturated rings. The summed E-state index contributed by atoms with van der Waals surface area (Å²) in [7, 11) is 0. The predicted octanol–water partition coefficient (Wildman–Crippen LogP) is 6.76. The molecule has 2 aromatic carbocycles. The fourth-order valence-electron chi connectivity index (χ4n) is 3.45. The van der Waals surface area contributed by atoms with E-state index in [1.807, 2.05) is 24.5 Å². The van der Waals surface area contributed by atoms with Crippen LogP contribution < -0.4 is 0 Å². The molecular weight excluding hydrogens is 454 g/mol. The molecule has 0 radical (unpaired) electrons. The van der Waals surface area contributed by atoms with Crippen molar-refractivity contribution in [1.29, 1.82) is 0 Å². The number of nitrogens with zero attached hydrogens (tertiary/aromatic N) is 3. The van der Waals surface area contributed by atoms with Crippen molar-refractivity contribution >= 4 is 42.2 Å². The molecule has 0 saturated heterocycles. The maximum Gasteiger partial charge on any atom is 0.137 e. The first kappa shape index (κ1) is 22.9. The van der Waals surface area contributed by atoms with E-state index in [2.05, 4.69) is 56.3 Å². The van der Waals surface area contributed by atoms with Crippen LogP contribution >= 0.6 is 36.6 Å². The number of H-pyrrole nitrogens is 1. The molecule has 0 aliphatic rings. The van der Waals surface area contributed by atoms with E-state index in [0.29, 0.717) is 0 Å². The molecule has 5 rings (SSSR count). The van der Waals surface area contributed by atoms with E-state index in [0.717, 1.165) is 39.3 Å². The van der Waals surface area contributed by atoms with E-state index in [4.69, 9.17) is 0 Å². The first-order chi connectivity index (χ1) is 14.2. The minimum Gasteiger partial charge on any atom is -0.299 e. The summed E-state index contributed by atoms with van der Waals surface area (Å²) in [5, 5.41) is 7.33. The molecule has 0 unspecified atom stereocenters. The van der Waals surface area contributed by atoms with Gasteiger partial charge in [-0.05, 0) is 54.8 Å². The molecule has 1 N–H and O–H groups in total. The van der Waals surface area contributed by atoms with Crippen molar-refractivity contribution in [2.45, 2.75) is 4.90 Å². The maximum absolute atomic E-state index is 13.3. The Labute approximate surface area is 195 Å². The number of aromatic nitrogens is 4. The zero-order valence-electron chi connectivity index (χ0n) is 16.4. The molecule has 5 aromatic rings. The van der Waals surface area contributed by atoms with Crippen LogP contribution in [0.15, 0.2) is 84.1 Å². The second kappa shape index (κ2) is 9.56. The average Bonchev–Trinajstić information content (AvgIpc) is 3.41. The maximum atomic E-state index is 13.3. The second-order valence-corrected chi connectivity index (χ2v) is 7.55. The lowest BCUT2D eigenvalue weighted by Gasteiger charge is -2.07. The zero-order valence-corrected chi connectivity index (χ0v) is 18.9. The van der Waals surface area contributed by atoms with Crippen molar-refractivity contribution in [3.8, 4) is 33.6 Å². The lowest BCUT2D eigenvalue weighted by atomic mass is 10.0. The van der Waals surface area contributed by atoms with Gasteiger partial charge >= 0.3 is 0 Å². The van der Waals surface area contributed by atoms with Gasteiger partial charge in [-0.1, -0.05) is 12.1 Å². The highest BCUT2D eigenvalue weighted by Gasteiger charge is 2.13. The number of imidazole rings is 1. The fraction of sp³-hybridized carbons (Fsp3) is 0.0435. The van der Waals surface area contributed by atoms with E-state index < -0.39 is 0 Å². The number of thioether (sulfide) groups is 1. The van der Waals surface area contributed by atoms with Crippen molar-refractivity contribution in [2.24, 2.45) is 0 Å². The Balaban J connectivity index is 0.00000136. The molecule has 0 saturated carbocycles. The quantitative estimate of drug-likeness (QED) is 0.293. The Morgan fingerprint density at radius 3 is 2.26 bits per heavy atom. The molecule has 3 heterocycles. The van der Waals surface area contributed by atoms with Gasteiger partial charge in [-0.25, -0.2) is 9.37 Å². The summed E-state index contributed by atoms with van der Waals surface area (Å²) >= 11 is 1.72. The van der Waals surface area contributed by atoms with Gasteiger partial charge in [-0.2, -0.15) is 5.10 Å². The van der Waals surface area contributed by atoms with Crippen LogP contribution in [0.25, 0.3) is 39.3 Å². The molecular formula is C23H19Cl2FN4S. The monoisotopic (exact) mass is 472 g/mol. The van der Waals surface area contributed by atoms with Crippen LogP contribution in [-0.4, -0.2) is 25.8 Å². The summed E-state index contributed by atoms with van der Waals surface area (Å²) in [5.74, 6) is -0.261. The zero-order chi connectivity index (χ0) is 19.8. The largest absolute Gasteiger partial charge is 0.299 e. The number of rotatable bonds is 4. The van der Waals surface area contributed by atoms with Crippen molar-refractivity contribution in [2.75, 3.05) is 6.26 Å². The summed E-state index contributed by atoms with van der Waals surface area (Å²) < 4.78 is 15.4. The molecule has 31 heavy (non-hydrogen) atoms. The third-order valence-corrected chi connectivity index (χ3v) is 5.70. The van der Waals surface area contributed by atoms with E-state index in [9.17, 15) is 4.39 Å². The molecule has 0 aliphatic heterocycles. The van der Waals surface area contributed by atoms with Crippen LogP contribution in [0.5, 0.6) is 0 Å². The highest BCUT2D eigenvalue weighted by molar-refractivity contribution is 7.98. The van der Waals surface area contributed by atoms with Crippen molar-refractivity contribution in [3.63, 3.8) is 0 Å². The first-order valence-electron chi connectivity index (χ1n) is 9.14. The number of halogens is 3. The molecule has 0 spiro atoms. The Bertz CT molecular complexity index is 1300. The summed E-state index contributed by atoms with van der Waals surface area (Å²) in [4.78, 5) is 5.77. The van der Waals surface area contributed by atoms with Gasteiger partial charge in [0.1, 0.15) is 11.5 Å². The van der Waals surface area contributed by atoms with Crippen LogP contribution in [0.1, 0.15) is 0 Å². The van der Waals surface area contributed by atoms with Gasteiger partial charge in [-0.3, -0.25) is 9.50 Å². The van der Waals surface area contributed by atoms with Crippen LogP contribution in [0.3, 0.4) is 0 Å². The van der Waals surface area contributed by atoms with E-state index in [1.165, 1.54) is 17.0 Å². The molecule has 0 bridgehead atoms. The number of hydrogen-bond donors (Lipinski definition) is 1. The number of benzene rings is 2. The Morgan fingerprint density at radius 2 is 1.55 bits per heavy atom. The van der Waals surface area contributed by atoms with Gasteiger partial charge in [0.05, 0.1) is 17.6 Å². The normalized spacial score (nSPS) is 10.5. The third-order valence-electron chi connectivity index (χ3n) is 4.96. The van der Waals surface area contributed by atoms with Crippen molar-refractivity contribution in [3.05, 3.63) is 85.1 Å². The number of aromatic amines is 1. The Morgan fingerprint density at radius 1 is 0.871 bits per heavy atom. The van der Waals surface area contributed by atoms with Crippen LogP contribution in [-0.2, 0) is 0 Å². The van der Waals surface area contributed by atoms with Crippen molar-refractivity contribution in [1.82, 2.24) is 19.6 Å². The van der Waals surface area contributed by atoms with E-state index in [-0.39, 0.29) is 30.6 Å². The summed E-state index contributed by atoms with van der Waals surface area (Å²) in [6, 6.07) is 18.9. The fourth-order valence-corrected chi connectivity index (χ4v) is 3.86. The first-order valence-corrected chi connectivity index (χ1v) is 10.4. The summed E-state index contributed by atoms with van der Waals surface area (Å²) in [5.41, 5.74) is 6.63. The van der Waals surface area contributed by atoms with Gasteiger partial charge in [-0.15, -0.1) is 36.6 Å². The number of fused-ring (bicyclic) bond motifs is 1. The Hall–Kier alpha value is -2.80. The minimum atomic E-state index is -0.261. The van der Waals surface area contributed by atoms with Gasteiger partial charge < -0.3 is 0 Å². The molecule has 158 valence electrons. The van der Waals surface area contributed by atoms with Gasteiger partial charge in [0.2, 0.25) is 0 Å². The van der Waals surface area contributed by atoms with E-state index in [1.54, 1.807) is 23.9 Å². The highest BCUT2D eigenvalue weighted by atomic mass is 35.5. The third kappa shape index (κ3) is 4.32. The van der Waals surface area contributed by atoms with Crippen LogP contribution in [0, 0.1) is 5.82 Å². The minimum absolute atomic E-state index is 0. The highest BCUT2D eigenvalue weighted by Crippen LogP contribution is 2.32. The molecule has 0 amide bonds. The van der Waals surface area contributed by atoms with Crippen molar-refractivity contribution < 1.29 is 4.39 Å².